The van der Waals surface area contributed by atoms with Crippen molar-refractivity contribution in [3.63, 3.8) is 0 Å². The van der Waals surface area contributed by atoms with Crippen molar-refractivity contribution >= 4 is 27.4 Å². The van der Waals surface area contributed by atoms with E-state index >= 15 is 0 Å². The largest absolute Gasteiger partial charge is 0.371 e. The number of anilines is 2. The van der Waals surface area contributed by atoms with Gasteiger partial charge in [0.15, 0.2) is 9.84 Å². The molecule has 1 aromatic heterocycles. The molecular formula is C21H26F3N5O4S. The molecule has 2 fully saturated rings. The van der Waals surface area contributed by atoms with Crippen molar-refractivity contribution in [2.45, 2.75) is 55.5 Å². The van der Waals surface area contributed by atoms with Crippen LogP contribution in [-0.4, -0.2) is 67.3 Å². The first kappa shape index (κ1) is 24.3. The van der Waals surface area contributed by atoms with Gasteiger partial charge in [-0.1, -0.05) is 6.92 Å². The van der Waals surface area contributed by atoms with Crippen molar-refractivity contribution in [3.8, 4) is 0 Å². The molecule has 1 atom stereocenters. The van der Waals surface area contributed by atoms with Crippen molar-refractivity contribution in [3.05, 3.63) is 29.9 Å². The van der Waals surface area contributed by atoms with Gasteiger partial charge in [-0.2, -0.15) is 13.8 Å². The number of piperidine rings is 1. The van der Waals surface area contributed by atoms with E-state index in [9.17, 15) is 26.4 Å². The first-order valence-electron chi connectivity index (χ1n) is 11.0. The highest BCUT2D eigenvalue weighted by Gasteiger charge is 2.39. The molecule has 0 unspecified atom stereocenters. The SMILES string of the molecule is CCC(F)(F)c1nc(N2CCC(N3CC[C@H](Nc4ccc(S(C)(=O)=O)cc4F)C3=O)CC2)no1. The van der Waals surface area contributed by atoms with E-state index in [4.69, 9.17) is 4.52 Å². The number of likely N-dealkylation sites (tertiary alicyclic amines) is 1. The molecule has 186 valence electrons. The summed E-state index contributed by atoms with van der Waals surface area (Å²) in [4.78, 5) is 20.2. The molecule has 13 heteroatoms. The smallest absolute Gasteiger partial charge is 0.324 e. The summed E-state index contributed by atoms with van der Waals surface area (Å²) in [6, 6.07) is 2.89. The summed E-state index contributed by atoms with van der Waals surface area (Å²) < 4.78 is 69.8. The van der Waals surface area contributed by atoms with Crippen LogP contribution in [0.25, 0.3) is 0 Å². The number of sulfone groups is 1. The molecule has 2 saturated heterocycles. The van der Waals surface area contributed by atoms with Crippen LogP contribution in [0, 0.1) is 5.82 Å². The standard InChI is InChI=1S/C21H26F3N5O4S/c1-3-21(23,24)19-26-20(27-33-19)28-9-6-13(7-10-28)29-11-8-17(18(29)30)25-16-5-4-14(12-15(16)22)34(2,31)32/h4-5,12-13,17,25H,3,6-11H2,1-2H3/t17-/m0/s1. The van der Waals surface area contributed by atoms with E-state index in [0.717, 1.165) is 12.3 Å². The summed E-state index contributed by atoms with van der Waals surface area (Å²) in [5.74, 6) is -4.66. The number of hydrogen-bond acceptors (Lipinski definition) is 8. The number of alkyl halides is 2. The Bertz CT molecular complexity index is 1160. The fraction of sp³-hybridized carbons (Fsp3) is 0.571. The van der Waals surface area contributed by atoms with Crippen LogP contribution in [-0.2, 0) is 20.6 Å². The van der Waals surface area contributed by atoms with Crippen LogP contribution in [0.5, 0.6) is 0 Å². The van der Waals surface area contributed by atoms with Crippen molar-refractivity contribution in [2.75, 3.05) is 36.1 Å². The van der Waals surface area contributed by atoms with E-state index in [-0.39, 0.29) is 28.5 Å². The number of rotatable bonds is 7. The van der Waals surface area contributed by atoms with Crippen molar-refractivity contribution < 1.29 is 30.9 Å². The van der Waals surface area contributed by atoms with E-state index < -0.39 is 39.9 Å². The monoisotopic (exact) mass is 501 g/mol. The third-order valence-electron chi connectivity index (χ3n) is 6.30. The van der Waals surface area contributed by atoms with Gasteiger partial charge in [0, 0.05) is 38.4 Å². The molecule has 0 saturated carbocycles. The summed E-state index contributed by atoms with van der Waals surface area (Å²) >= 11 is 0. The first-order chi connectivity index (χ1) is 16.0. The minimum absolute atomic E-state index is 0.0449. The van der Waals surface area contributed by atoms with E-state index in [0.29, 0.717) is 38.9 Å². The Morgan fingerprint density at radius 1 is 1.21 bits per heavy atom. The zero-order chi connectivity index (χ0) is 24.7. The Morgan fingerprint density at radius 2 is 1.91 bits per heavy atom. The fourth-order valence-electron chi connectivity index (χ4n) is 4.25. The van der Waals surface area contributed by atoms with Crippen LogP contribution in [0.3, 0.4) is 0 Å². The third kappa shape index (κ3) is 4.84. The minimum atomic E-state index is -3.53. The van der Waals surface area contributed by atoms with Gasteiger partial charge in [-0.05, 0) is 42.6 Å². The van der Waals surface area contributed by atoms with Gasteiger partial charge < -0.3 is 19.6 Å². The number of nitrogens with one attached hydrogen (secondary N) is 1. The van der Waals surface area contributed by atoms with Crippen LogP contribution < -0.4 is 10.2 Å². The van der Waals surface area contributed by atoms with Gasteiger partial charge in [0.1, 0.15) is 11.9 Å². The maximum Gasteiger partial charge on any atom is 0.324 e. The molecule has 2 aliphatic heterocycles. The Balaban J connectivity index is 1.34. The predicted octanol–water partition coefficient (Wildman–Crippen LogP) is 2.80. The van der Waals surface area contributed by atoms with Crippen LogP contribution in [0.2, 0.25) is 0 Å². The van der Waals surface area contributed by atoms with E-state index in [1.165, 1.54) is 19.1 Å². The molecule has 34 heavy (non-hydrogen) atoms. The second-order valence-electron chi connectivity index (χ2n) is 8.61. The van der Waals surface area contributed by atoms with Gasteiger partial charge in [0.2, 0.25) is 5.91 Å². The predicted molar refractivity (Wildman–Crippen MR) is 117 cm³/mol. The highest BCUT2D eigenvalue weighted by Crippen LogP contribution is 2.32. The molecule has 2 aliphatic rings. The van der Waals surface area contributed by atoms with Gasteiger partial charge in [-0.15, -0.1) is 0 Å². The molecule has 1 N–H and O–H groups in total. The van der Waals surface area contributed by atoms with Gasteiger partial charge >= 0.3 is 5.92 Å². The quantitative estimate of drug-likeness (QED) is 0.617. The number of carbonyl (C=O) groups excluding carboxylic acids is 1. The lowest BCUT2D eigenvalue weighted by Gasteiger charge is -2.36. The summed E-state index contributed by atoms with van der Waals surface area (Å²) in [5.41, 5.74) is 0.0687. The molecule has 9 nitrogen and oxygen atoms in total. The average molecular weight is 502 g/mol. The zero-order valence-electron chi connectivity index (χ0n) is 18.8. The lowest BCUT2D eigenvalue weighted by atomic mass is 10.0. The lowest BCUT2D eigenvalue weighted by Crippen LogP contribution is -2.47. The Labute approximate surface area is 195 Å². The van der Waals surface area contributed by atoms with Crippen LogP contribution in [0.1, 0.15) is 38.5 Å². The molecule has 2 aromatic rings. The van der Waals surface area contributed by atoms with Gasteiger partial charge in [0.05, 0.1) is 10.6 Å². The fourth-order valence-corrected chi connectivity index (χ4v) is 4.88. The van der Waals surface area contributed by atoms with Gasteiger partial charge in [-0.25, -0.2) is 12.8 Å². The number of nitrogens with zero attached hydrogens (tertiary/aromatic N) is 4. The van der Waals surface area contributed by atoms with Crippen LogP contribution in [0.4, 0.5) is 24.8 Å². The minimum Gasteiger partial charge on any atom is -0.371 e. The molecule has 1 aromatic carbocycles. The third-order valence-corrected chi connectivity index (χ3v) is 7.41. The maximum absolute atomic E-state index is 14.4. The summed E-state index contributed by atoms with van der Waals surface area (Å²) in [6.07, 6.45) is 2.24. The molecular weight excluding hydrogens is 475 g/mol. The van der Waals surface area contributed by atoms with Crippen molar-refractivity contribution in [2.24, 2.45) is 0 Å². The Hall–Kier alpha value is -2.83. The number of aromatic nitrogens is 2. The zero-order valence-corrected chi connectivity index (χ0v) is 19.6. The normalized spacial score (nSPS) is 20.3. The summed E-state index contributed by atoms with van der Waals surface area (Å²) in [7, 11) is -3.53. The van der Waals surface area contributed by atoms with Crippen LogP contribution >= 0.6 is 0 Å². The average Bonchev–Trinajstić information content (AvgIpc) is 3.43. The number of carbonyl (C=O) groups is 1. The first-order valence-corrected chi connectivity index (χ1v) is 12.9. The molecule has 0 bridgehead atoms. The Kier molecular flexibility index (Phi) is 6.49. The second-order valence-corrected chi connectivity index (χ2v) is 10.6. The lowest BCUT2D eigenvalue weighted by molar-refractivity contribution is -0.130. The Morgan fingerprint density at radius 3 is 2.53 bits per heavy atom. The number of halogens is 3. The van der Waals surface area contributed by atoms with E-state index in [2.05, 4.69) is 15.5 Å². The van der Waals surface area contributed by atoms with Crippen LogP contribution in [0.15, 0.2) is 27.6 Å². The molecule has 0 aliphatic carbocycles. The van der Waals surface area contributed by atoms with Gasteiger partial charge in [0.25, 0.3) is 11.8 Å². The summed E-state index contributed by atoms with van der Waals surface area (Å²) in [5, 5.41) is 6.56. The van der Waals surface area contributed by atoms with E-state index in [1.807, 2.05) is 0 Å². The van der Waals surface area contributed by atoms with Crippen molar-refractivity contribution in [1.29, 1.82) is 0 Å². The van der Waals surface area contributed by atoms with Gasteiger partial charge in [-0.3, -0.25) is 4.79 Å². The number of amides is 1. The maximum atomic E-state index is 14.4. The van der Waals surface area contributed by atoms with Crippen molar-refractivity contribution in [1.82, 2.24) is 15.0 Å². The molecule has 0 radical (unpaired) electrons. The molecule has 0 spiro atoms. The highest BCUT2D eigenvalue weighted by molar-refractivity contribution is 7.90. The second kappa shape index (κ2) is 9.08. The molecule has 3 heterocycles. The van der Waals surface area contributed by atoms with E-state index in [1.54, 1.807) is 9.80 Å². The topological polar surface area (TPSA) is 109 Å². The number of hydrogen-bond donors (Lipinski definition) is 1. The molecule has 1 amide bonds. The summed E-state index contributed by atoms with van der Waals surface area (Å²) in [6.45, 7) is 2.79. The number of benzene rings is 1. The highest BCUT2D eigenvalue weighted by atomic mass is 32.2. The molecule has 4 rings (SSSR count).